The Balaban J connectivity index is 1.36. The Kier molecular flexibility index (Phi) is 7.92. The molecule has 0 unspecified atom stereocenters. The zero-order chi connectivity index (χ0) is 21.2. The number of nitrogens with one attached hydrogen (secondary N) is 2. The SMILES string of the molecule is O=C(CCNS(=O)(=O)c1ccc2c(c1)OCCCO2)NCCCOc1ccccc1. The van der Waals surface area contributed by atoms with Crippen molar-refractivity contribution >= 4 is 15.9 Å². The van der Waals surface area contributed by atoms with Gasteiger partial charge in [0, 0.05) is 32.0 Å². The lowest BCUT2D eigenvalue weighted by Crippen LogP contribution is -2.31. The van der Waals surface area contributed by atoms with Crippen LogP contribution in [-0.4, -0.2) is 47.2 Å². The van der Waals surface area contributed by atoms with Crippen molar-refractivity contribution < 1.29 is 27.4 Å². The summed E-state index contributed by atoms with van der Waals surface area (Å²) >= 11 is 0. The lowest BCUT2D eigenvalue weighted by atomic mass is 10.3. The molecule has 0 bridgehead atoms. The van der Waals surface area contributed by atoms with Crippen LogP contribution < -0.4 is 24.2 Å². The molecule has 30 heavy (non-hydrogen) atoms. The highest BCUT2D eigenvalue weighted by atomic mass is 32.2. The summed E-state index contributed by atoms with van der Waals surface area (Å²) in [6.07, 6.45) is 1.44. The standard InChI is InChI=1S/C21H26N2O6S/c24-21(22-11-4-13-27-17-6-2-1-3-7-17)10-12-23-30(25,26)18-8-9-19-20(16-18)29-15-5-14-28-19/h1-3,6-9,16,23H,4-5,10-15H2,(H,22,24). The van der Waals surface area contributed by atoms with Crippen molar-refractivity contribution in [2.75, 3.05) is 32.9 Å². The van der Waals surface area contributed by atoms with Gasteiger partial charge in [0.25, 0.3) is 0 Å². The Morgan fingerprint density at radius 1 is 1.00 bits per heavy atom. The van der Waals surface area contributed by atoms with Gasteiger partial charge in [0.05, 0.1) is 24.7 Å². The van der Waals surface area contributed by atoms with Crippen molar-refractivity contribution in [3.05, 3.63) is 48.5 Å². The molecule has 3 rings (SSSR count). The fourth-order valence-corrected chi connectivity index (χ4v) is 3.83. The number of ether oxygens (including phenoxy) is 3. The average molecular weight is 435 g/mol. The molecular weight excluding hydrogens is 408 g/mol. The van der Waals surface area contributed by atoms with E-state index in [9.17, 15) is 13.2 Å². The summed E-state index contributed by atoms with van der Waals surface area (Å²) in [7, 11) is -3.75. The van der Waals surface area contributed by atoms with Crippen LogP contribution in [0.1, 0.15) is 19.3 Å². The molecule has 9 heteroatoms. The number of para-hydroxylation sites is 1. The second kappa shape index (κ2) is 10.8. The van der Waals surface area contributed by atoms with E-state index in [0.29, 0.717) is 44.3 Å². The molecule has 2 aromatic carbocycles. The van der Waals surface area contributed by atoms with Crippen molar-refractivity contribution in [1.29, 1.82) is 0 Å². The molecule has 0 aromatic heterocycles. The number of carbonyl (C=O) groups is 1. The van der Waals surface area contributed by atoms with E-state index in [2.05, 4.69) is 10.0 Å². The molecule has 162 valence electrons. The van der Waals surface area contributed by atoms with Gasteiger partial charge in [0.2, 0.25) is 15.9 Å². The van der Waals surface area contributed by atoms with Crippen LogP contribution in [0.5, 0.6) is 17.2 Å². The fourth-order valence-electron chi connectivity index (χ4n) is 2.79. The third-order valence-electron chi connectivity index (χ3n) is 4.33. The Morgan fingerprint density at radius 3 is 2.57 bits per heavy atom. The first kappa shape index (κ1) is 21.9. The summed E-state index contributed by atoms with van der Waals surface area (Å²) in [5.74, 6) is 1.50. The first-order valence-corrected chi connectivity index (χ1v) is 11.4. The largest absolute Gasteiger partial charge is 0.494 e. The summed E-state index contributed by atoms with van der Waals surface area (Å²) in [6.45, 7) is 1.95. The minimum Gasteiger partial charge on any atom is -0.494 e. The monoisotopic (exact) mass is 434 g/mol. The van der Waals surface area contributed by atoms with Crippen LogP contribution in [0.4, 0.5) is 0 Å². The number of benzene rings is 2. The minimum atomic E-state index is -3.75. The smallest absolute Gasteiger partial charge is 0.240 e. The molecular formula is C21H26N2O6S. The van der Waals surface area contributed by atoms with E-state index in [0.717, 1.165) is 12.2 Å². The number of carbonyl (C=O) groups excluding carboxylic acids is 1. The molecule has 0 saturated heterocycles. The van der Waals surface area contributed by atoms with Crippen LogP contribution in [0.15, 0.2) is 53.4 Å². The second-order valence-corrected chi connectivity index (χ2v) is 8.44. The normalized spacial score (nSPS) is 13.3. The van der Waals surface area contributed by atoms with E-state index >= 15 is 0 Å². The average Bonchev–Trinajstić information content (AvgIpc) is 2.99. The van der Waals surface area contributed by atoms with Crippen molar-refractivity contribution in [3.8, 4) is 17.2 Å². The highest BCUT2D eigenvalue weighted by molar-refractivity contribution is 7.89. The summed E-state index contributed by atoms with van der Waals surface area (Å²) in [6, 6.07) is 13.9. The maximum absolute atomic E-state index is 12.5. The topological polar surface area (TPSA) is 103 Å². The van der Waals surface area contributed by atoms with Gasteiger partial charge >= 0.3 is 0 Å². The van der Waals surface area contributed by atoms with Gasteiger partial charge in [-0.05, 0) is 30.7 Å². The summed E-state index contributed by atoms with van der Waals surface area (Å²) in [4.78, 5) is 12.0. The molecule has 0 spiro atoms. The zero-order valence-electron chi connectivity index (χ0n) is 16.6. The van der Waals surface area contributed by atoms with Crippen LogP contribution in [0.2, 0.25) is 0 Å². The lowest BCUT2D eigenvalue weighted by Gasteiger charge is -2.11. The van der Waals surface area contributed by atoms with Gasteiger partial charge in [0.15, 0.2) is 11.5 Å². The molecule has 1 heterocycles. The maximum Gasteiger partial charge on any atom is 0.240 e. The molecule has 2 aromatic rings. The molecule has 0 fully saturated rings. The quantitative estimate of drug-likeness (QED) is 0.555. The Morgan fingerprint density at radius 2 is 1.77 bits per heavy atom. The molecule has 0 saturated carbocycles. The summed E-state index contributed by atoms with van der Waals surface area (Å²) in [5.41, 5.74) is 0. The van der Waals surface area contributed by atoms with Crippen molar-refractivity contribution in [3.63, 3.8) is 0 Å². The highest BCUT2D eigenvalue weighted by Gasteiger charge is 2.18. The predicted molar refractivity (Wildman–Crippen MR) is 111 cm³/mol. The maximum atomic E-state index is 12.5. The summed E-state index contributed by atoms with van der Waals surface area (Å²) in [5, 5.41) is 2.75. The molecule has 0 atom stereocenters. The minimum absolute atomic E-state index is 0.00310. The number of amides is 1. The Hall–Kier alpha value is -2.78. The van der Waals surface area contributed by atoms with Crippen LogP contribution in [0.3, 0.4) is 0 Å². The fraction of sp³-hybridized carbons (Fsp3) is 0.381. The van der Waals surface area contributed by atoms with Crippen molar-refractivity contribution in [1.82, 2.24) is 10.0 Å². The molecule has 0 aliphatic carbocycles. The van der Waals surface area contributed by atoms with E-state index in [1.165, 1.54) is 12.1 Å². The van der Waals surface area contributed by atoms with Gasteiger partial charge in [-0.15, -0.1) is 0 Å². The van der Waals surface area contributed by atoms with Crippen LogP contribution in [0.25, 0.3) is 0 Å². The van der Waals surface area contributed by atoms with E-state index in [4.69, 9.17) is 14.2 Å². The Bertz CT molecular complexity index is 934. The lowest BCUT2D eigenvalue weighted by molar-refractivity contribution is -0.120. The third kappa shape index (κ3) is 6.64. The van der Waals surface area contributed by atoms with E-state index in [-0.39, 0.29) is 23.8 Å². The first-order chi connectivity index (χ1) is 14.5. The van der Waals surface area contributed by atoms with Gasteiger partial charge < -0.3 is 19.5 Å². The first-order valence-electron chi connectivity index (χ1n) is 9.88. The van der Waals surface area contributed by atoms with Gasteiger partial charge in [-0.25, -0.2) is 13.1 Å². The van der Waals surface area contributed by atoms with Gasteiger partial charge in [-0.2, -0.15) is 0 Å². The molecule has 1 aliphatic rings. The van der Waals surface area contributed by atoms with Crippen molar-refractivity contribution in [2.24, 2.45) is 0 Å². The van der Waals surface area contributed by atoms with E-state index in [1.54, 1.807) is 6.07 Å². The molecule has 0 radical (unpaired) electrons. The molecule has 8 nitrogen and oxygen atoms in total. The van der Waals surface area contributed by atoms with Crippen LogP contribution in [0, 0.1) is 0 Å². The zero-order valence-corrected chi connectivity index (χ0v) is 17.4. The van der Waals surface area contributed by atoms with Crippen molar-refractivity contribution in [2.45, 2.75) is 24.2 Å². The van der Waals surface area contributed by atoms with Gasteiger partial charge in [-0.3, -0.25) is 4.79 Å². The number of hydrogen-bond donors (Lipinski definition) is 2. The number of sulfonamides is 1. The molecule has 2 N–H and O–H groups in total. The van der Waals surface area contributed by atoms with Gasteiger partial charge in [-0.1, -0.05) is 18.2 Å². The molecule has 1 aliphatic heterocycles. The number of rotatable bonds is 10. The van der Waals surface area contributed by atoms with Crippen LogP contribution in [-0.2, 0) is 14.8 Å². The molecule has 1 amide bonds. The Labute approximate surface area is 176 Å². The van der Waals surface area contributed by atoms with E-state index < -0.39 is 10.0 Å². The summed E-state index contributed by atoms with van der Waals surface area (Å²) < 4.78 is 44.0. The predicted octanol–water partition coefficient (Wildman–Crippen LogP) is 2.10. The van der Waals surface area contributed by atoms with Crippen LogP contribution >= 0.6 is 0 Å². The second-order valence-electron chi connectivity index (χ2n) is 6.67. The number of fused-ring (bicyclic) bond motifs is 1. The number of hydrogen-bond acceptors (Lipinski definition) is 6. The van der Waals surface area contributed by atoms with E-state index in [1.807, 2.05) is 30.3 Å². The highest BCUT2D eigenvalue weighted by Crippen LogP contribution is 2.31. The third-order valence-corrected chi connectivity index (χ3v) is 5.79. The van der Waals surface area contributed by atoms with Gasteiger partial charge in [0.1, 0.15) is 5.75 Å².